The van der Waals surface area contributed by atoms with E-state index in [-0.39, 0.29) is 0 Å². The zero-order valence-corrected chi connectivity index (χ0v) is 12.7. The number of unbranched alkanes of at least 4 members (excludes halogenated alkanes) is 2. The van der Waals surface area contributed by atoms with E-state index < -0.39 is 0 Å². The van der Waals surface area contributed by atoms with Crippen molar-refractivity contribution in [3.63, 3.8) is 0 Å². The van der Waals surface area contributed by atoms with E-state index in [1.807, 2.05) is 11.8 Å². The first kappa shape index (κ1) is 15.4. The highest BCUT2D eigenvalue weighted by Gasteiger charge is 2.16. The van der Waals surface area contributed by atoms with Gasteiger partial charge in [0.2, 0.25) is 0 Å². The van der Waals surface area contributed by atoms with E-state index in [0.717, 1.165) is 12.0 Å². The van der Waals surface area contributed by atoms with Crippen molar-refractivity contribution in [3.05, 3.63) is 0 Å². The van der Waals surface area contributed by atoms with Crippen LogP contribution in [0.15, 0.2) is 0 Å². The summed E-state index contributed by atoms with van der Waals surface area (Å²) < 4.78 is 0. The molecule has 0 heterocycles. The average Bonchev–Trinajstić information content (AvgIpc) is 2.59. The van der Waals surface area contributed by atoms with E-state index in [0.29, 0.717) is 0 Å². The summed E-state index contributed by atoms with van der Waals surface area (Å²) in [5.41, 5.74) is 0. The van der Waals surface area contributed by atoms with E-state index in [2.05, 4.69) is 18.5 Å². The summed E-state index contributed by atoms with van der Waals surface area (Å²) in [5, 5.41) is 3.78. The topological polar surface area (TPSA) is 12.0 Å². The Morgan fingerprint density at radius 1 is 1.06 bits per heavy atom. The minimum atomic E-state index is 0.826. The Labute approximate surface area is 113 Å². The molecule has 0 saturated heterocycles. The Morgan fingerprint density at radius 3 is 2.71 bits per heavy atom. The van der Waals surface area contributed by atoms with Crippen molar-refractivity contribution in [3.8, 4) is 0 Å². The summed E-state index contributed by atoms with van der Waals surface area (Å²) in [4.78, 5) is 0. The summed E-state index contributed by atoms with van der Waals surface area (Å²) in [6, 6.07) is 0.826. The molecule has 1 nitrogen and oxygen atoms in total. The van der Waals surface area contributed by atoms with Gasteiger partial charge in [0.1, 0.15) is 0 Å². The molecule has 2 heteroatoms. The van der Waals surface area contributed by atoms with Crippen LogP contribution in [0, 0.1) is 5.92 Å². The average molecular weight is 257 g/mol. The van der Waals surface area contributed by atoms with Gasteiger partial charge in [-0.3, -0.25) is 0 Å². The zero-order chi connectivity index (χ0) is 12.3. The van der Waals surface area contributed by atoms with Crippen LogP contribution in [0.25, 0.3) is 0 Å². The van der Waals surface area contributed by atoms with Crippen molar-refractivity contribution in [1.82, 2.24) is 5.32 Å². The summed E-state index contributed by atoms with van der Waals surface area (Å²) in [6.45, 7) is 3.60. The van der Waals surface area contributed by atoms with Gasteiger partial charge >= 0.3 is 0 Å². The van der Waals surface area contributed by atoms with Crippen molar-refractivity contribution in [1.29, 1.82) is 0 Å². The third kappa shape index (κ3) is 7.35. The largest absolute Gasteiger partial charge is 0.314 e. The van der Waals surface area contributed by atoms with Crippen molar-refractivity contribution < 1.29 is 0 Å². The molecular weight excluding hydrogens is 226 g/mol. The first-order valence-electron chi connectivity index (χ1n) is 7.59. The predicted octanol–water partition coefficient (Wildman–Crippen LogP) is 4.47. The molecule has 1 aliphatic carbocycles. The quantitative estimate of drug-likeness (QED) is 0.509. The molecule has 2 atom stereocenters. The lowest BCUT2D eigenvalue weighted by molar-refractivity contribution is 0.422. The fourth-order valence-corrected chi connectivity index (χ4v) is 3.34. The van der Waals surface area contributed by atoms with Gasteiger partial charge in [0.15, 0.2) is 0 Å². The summed E-state index contributed by atoms with van der Waals surface area (Å²) in [5.74, 6) is 2.35. The fraction of sp³-hybridized carbons (Fsp3) is 1.00. The van der Waals surface area contributed by atoms with Crippen LogP contribution in [0.5, 0.6) is 0 Å². The number of hydrogen-bond acceptors (Lipinski definition) is 2. The summed E-state index contributed by atoms with van der Waals surface area (Å²) in [7, 11) is 0. The first-order chi connectivity index (χ1) is 8.36. The standard InChI is InChI=1S/C15H31NS/c1-3-14-8-7-9-15(11-10-14)16-12-5-4-6-13-17-2/h14-16H,3-13H2,1-2H3. The van der Waals surface area contributed by atoms with Gasteiger partial charge in [0.05, 0.1) is 0 Å². The molecule has 1 N–H and O–H groups in total. The number of nitrogens with one attached hydrogen (secondary N) is 1. The van der Waals surface area contributed by atoms with Crippen LogP contribution in [0.1, 0.15) is 64.7 Å². The first-order valence-corrected chi connectivity index (χ1v) is 8.98. The monoisotopic (exact) mass is 257 g/mol. The molecule has 17 heavy (non-hydrogen) atoms. The van der Waals surface area contributed by atoms with Gasteiger partial charge < -0.3 is 5.32 Å². The van der Waals surface area contributed by atoms with Crippen LogP contribution < -0.4 is 5.32 Å². The maximum Gasteiger partial charge on any atom is 0.00671 e. The Hall–Kier alpha value is 0.310. The van der Waals surface area contributed by atoms with E-state index in [4.69, 9.17) is 0 Å². The van der Waals surface area contributed by atoms with E-state index >= 15 is 0 Å². The fourth-order valence-electron chi connectivity index (χ4n) is 2.85. The molecule has 0 aromatic rings. The minimum Gasteiger partial charge on any atom is -0.314 e. The number of rotatable bonds is 8. The van der Waals surface area contributed by atoms with E-state index in [1.165, 1.54) is 70.1 Å². The molecule has 1 rings (SSSR count). The van der Waals surface area contributed by atoms with Gasteiger partial charge in [0.25, 0.3) is 0 Å². The molecule has 0 aliphatic heterocycles. The van der Waals surface area contributed by atoms with Crippen LogP contribution in [0.2, 0.25) is 0 Å². The van der Waals surface area contributed by atoms with Gasteiger partial charge in [-0.1, -0.05) is 32.6 Å². The maximum atomic E-state index is 3.78. The SMILES string of the molecule is CCC1CCCC(NCCCCCSC)CC1. The molecule has 102 valence electrons. The van der Waals surface area contributed by atoms with Gasteiger partial charge in [-0.15, -0.1) is 0 Å². The second kappa shape index (κ2) is 10.3. The Bertz CT molecular complexity index is 172. The molecule has 2 unspecified atom stereocenters. The molecular formula is C15H31NS. The molecule has 0 bridgehead atoms. The third-order valence-corrected chi connectivity index (χ3v) is 4.82. The third-order valence-electron chi connectivity index (χ3n) is 4.12. The molecule has 1 aliphatic rings. The zero-order valence-electron chi connectivity index (χ0n) is 11.8. The molecule has 0 aromatic heterocycles. The van der Waals surface area contributed by atoms with E-state index in [9.17, 15) is 0 Å². The Morgan fingerprint density at radius 2 is 1.94 bits per heavy atom. The maximum absolute atomic E-state index is 3.78. The lowest BCUT2D eigenvalue weighted by Crippen LogP contribution is -2.29. The van der Waals surface area contributed by atoms with Crippen LogP contribution in [-0.4, -0.2) is 24.6 Å². The second-order valence-electron chi connectivity index (χ2n) is 5.49. The smallest absolute Gasteiger partial charge is 0.00671 e. The van der Waals surface area contributed by atoms with Crippen LogP contribution in [0.4, 0.5) is 0 Å². The predicted molar refractivity (Wildman–Crippen MR) is 80.9 cm³/mol. The van der Waals surface area contributed by atoms with Gasteiger partial charge in [-0.05, 0) is 56.6 Å². The van der Waals surface area contributed by atoms with Crippen molar-refractivity contribution in [2.24, 2.45) is 5.92 Å². The number of thioether (sulfide) groups is 1. The van der Waals surface area contributed by atoms with Crippen LogP contribution in [-0.2, 0) is 0 Å². The molecule has 1 saturated carbocycles. The molecule has 0 amide bonds. The Balaban J connectivity index is 1.99. The lowest BCUT2D eigenvalue weighted by atomic mass is 9.98. The molecule has 1 fully saturated rings. The lowest BCUT2D eigenvalue weighted by Gasteiger charge is -2.16. The normalized spacial score (nSPS) is 25.8. The minimum absolute atomic E-state index is 0.826. The second-order valence-corrected chi connectivity index (χ2v) is 6.47. The molecule has 0 aromatic carbocycles. The number of hydrogen-bond donors (Lipinski definition) is 1. The van der Waals surface area contributed by atoms with Crippen LogP contribution >= 0.6 is 11.8 Å². The summed E-state index contributed by atoms with van der Waals surface area (Å²) in [6.07, 6.45) is 15.0. The van der Waals surface area contributed by atoms with Crippen LogP contribution in [0.3, 0.4) is 0 Å². The van der Waals surface area contributed by atoms with E-state index in [1.54, 1.807) is 0 Å². The summed E-state index contributed by atoms with van der Waals surface area (Å²) >= 11 is 1.97. The van der Waals surface area contributed by atoms with Gasteiger partial charge in [-0.2, -0.15) is 11.8 Å². The van der Waals surface area contributed by atoms with Crippen molar-refractivity contribution >= 4 is 11.8 Å². The molecule has 0 spiro atoms. The van der Waals surface area contributed by atoms with Gasteiger partial charge in [0, 0.05) is 6.04 Å². The Kier molecular flexibility index (Phi) is 9.27. The van der Waals surface area contributed by atoms with Crippen molar-refractivity contribution in [2.75, 3.05) is 18.6 Å². The highest BCUT2D eigenvalue weighted by Crippen LogP contribution is 2.25. The highest BCUT2D eigenvalue weighted by molar-refractivity contribution is 7.98. The molecule has 0 radical (unpaired) electrons. The van der Waals surface area contributed by atoms with Crippen molar-refractivity contribution in [2.45, 2.75) is 70.8 Å². The highest BCUT2D eigenvalue weighted by atomic mass is 32.2. The van der Waals surface area contributed by atoms with Gasteiger partial charge in [-0.25, -0.2) is 0 Å².